The quantitative estimate of drug-likeness (QED) is 0.329. The summed E-state index contributed by atoms with van der Waals surface area (Å²) >= 11 is 0. The van der Waals surface area contributed by atoms with Crippen molar-refractivity contribution in [3.8, 4) is 0 Å². The minimum Gasteiger partial charge on any atom is -0.477 e. The van der Waals surface area contributed by atoms with Crippen molar-refractivity contribution in [2.24, 2.45) is 0 Å². The Kier molecular flexibility index (Phi) is 10.8. The molecule has 3 aromatic rings. The molecule has 3 rings (SSSR count). The Labute approximate surface area is 172 Å². The number of rotatable bonds is 3. The van der Waals surface area contributed by atoms with E-state index < -0.39 is 17.9 Å². The average molecular weight is 492 g/mol. The van der Waals surface area contributed by atoms with Gasteiger partial charge in [0, 0.05) is 57.2 Å². The summed E-state index contributed by atoms with van der Waals surface area (Å²) in [7, 11) is 0. The van der Waals surface area contributed by atoms with Crippen molar-refractivity contribution >= 4 is 17.9 Å². The van der Waals surface area contributed by atoms with E-state index in [4.69, 9.17) is 15.3 Å². The standard InChI is InChI=1S/3C5H5NO2.Tb/c3*7-5(8)4-2-1-3-6-4;/h3*1-3,6H,(H,7,8);. The third kappa shape index (κ3) is 8.81. The van der Waals surface area contributed by atoms with Gasteiger partial charge in [0.2, 0.25) is 0 Å². The summed E-state index contributed by atoms with van der Waals surface area (Å²) in [6, 6.07) is 9.43. The van der Waals surface area contributed by atoms with Crippen LogP contribution in [0.25, 0.3) is 0 Å². The molecule has 0 fully saturated rings. The van der Waals surface area contributed by atoms with Gasteiger partial charge in [-0.2, -0.15) is 0 Å². The molecule has 10 heteroatoms. The molecule has 0 aliphatic rings. The van der Waals surface area contributed by atoms with Crippen LogP contribution in [0.15, 0.2) is 55.0 Å². The van der Waals surface area contributed by atoms with E-state index in [-0.39, 0.29) is 55.7 Å². The fourth-order valence-corrected chi connectivity index (χ4v) is 1.39. The summed E-state index contributed by atoms with van der Waals surface area (Å²) in [6.45, 7) is 0. The Hall–Kier alpha value is -2.46. The Morgan fingerprint density at radius 1 is 0.600 bits per heavy atom. The molecule has 0 saturated heterocycles. The second kappa shape index (κ2) is 12.0. The smallest absolute Gasteiger partial charge is 0.352 e. The van der Waals surface area contributed by atoms with Crippen molar-refractivity contribution < 1.29 is 68.3 Å². The summed E-state index contributed by atoms with van der Waals surface area (Å²) < 4.78 is 0. The number of carboxylic acids is 3. The predicted molar refractivity (Wildman–Crippen MR) is 83.3 cm³/mol. The van der Waals surface area contributed by atoms with Gasteiger partial charge >= 0.3 is 17.9 Å². The molecular formula is C15H15N3O6Tb. The SMILES string of the molecule is O=C(O)c1ccc[nH]1.O=C(O)c1ccc[nH]1.O=C(O)c1ccc[nH]1.[Tb]. The molecule has 0 atom stereocenters. The van der Waals surface area contributed by atoms with Crippen LogP contribution in [0.1, 0.15) is 31.5 Å². The van der Waals surface area contributed by atoms with E-state index in [9.17, 15) is 14.4 Å². The minimum atomic E-state index is -0.921. The fraction of sp³-hybridized carbons (Fsp3) is 0. The van der Waals surface area contributed by atoms with E-state index in [2.05, 4.69) is 15.0 Å². The maximum atomic E-state index is 10.0. The van der Waals surface area contributed by atoms with Gasteiger partial charge in [0.15, 0.2) is 0 Å². The third-order valence-corrected chi connectivity index (χ3v) is 2.49. The maximum Gasteiger partial charge on any atom is 0.352 e. The van der Waals surface area contributed by atoms with Crippen molar-refractivity contribution in [3.05, 3.63) is 72.1 Å². The molecule has 135 valence electrons. The number of hydrogen-bond donors (Lipinski definition) is 6. The monoisotopic (exact) mass is 492 g/mol. The average Bonchev–Trinajstić information content (AvgIpc) is 3.29. The van der Waals surface area contributed by atoms with Crippen LogP contribution in [0.4, 0.5) is 0 Å². The molecule has 0 amide bonds. The van der Waals surface area contributed by atoms with Crippen molar-refractivity contribution in [3.63, 3.8) is 0 Å². The van der Waals surface area contributed by atoms with Crippen molar-refractivity contribution in [1.29, 1.82) is 0 Å². The van der Waals surface area contributed by atoms with Crippen LogP contribution >= 0.6 is 0 Å². The first-order chi connectivity index (χ1) is 11.4. The molecule has 0 unspecified atom stereocenters. The van der Waals surface area contributed by atoms with Crippen LogP contribution in [-0.2, 0) is 0 Å². The number of hydrogen-bond acceptors (Lipinski definition) is 3. The van der Waals surface area contributed by atoms with Crippen LogP contribution in [0.3, 0.4) is 0 Å². The molecule has 3 heterocycles. The fourth-order valence-electron chi connectivity index (χ4n) is 1.39. The van der Waals surface area contributed by atoms with Crippen molar-refractivity contribution in [2.75, 3.05) is 0 Å². The van der Waals surface area contributed by atoms with Crippen LogP contribution in [0.5, 0.6) is 0 Å². The molecule has 0 bridgehead atoms. The van der Waals surface area contributed by atoms with Gasteiger partial charge in [0.1, 0.15) is 17.1 Å². The molecular weight excluding hydrogens is 477 g/mol. The Bertz CT molecular complexity index is 646. The number of aromatic nitrogens is 3. The topological polar surface area (TPSA) is 159 Å². The molecule has 0 spiro atoms. The van der Waals surface area contributed by atoms with E-state index in [1.54, 1.807) is 36.8 Å². The number of carboxylic acid groups (broad SMARTS) is 3. The van der Waals surface area contributed by atoms with Gasteiger partial charge in [0.05, 0.1) is 0 Å². The maximum absolute atomic E-state index is 10.0. The molecule has 0 aromatic carbocycles. The van der Waals surface area contributed by atoms with E-state index in [0.29, 0.717) is 0 Å². The zero-order chi connectivity index (χ0) is 17.9. The van der Waals surface area contributed by atoms with Gasteiger partial charge in [0.25, 0.3) is 0 Å². The normalized spacial score (nSPS) is 8.64. The van der Waals surface area contributed by atoms with Crippen LogP contribution in [-0.4, -0.2) is 48.2 Å². The van der Waals surface area contributed by atoms with Crippen LogP contribution in [0, 0.1) is 38.6 Å². The first-order valence-corrected chi connectivity index (χ1v) is 6.52. The first kappa shape index (κ1) is 22.5. The van der Waals surface area contributed by atoms with Gasteiger partial charge in [-0.05, 0) is 36.4 Å². The second-order valence-corrected chi connectivity index (χ2v) is 4.17. The Morgan fingerprint density at radius 3 is 0.920 bits per heavy atom. The van der Waals surface area contributed by atoms with Gasteiger partial charge < -0.3 is 30.3 Å². The van der Waals surface area contributed by atoms with Gasteiger partial charge in [-0.15, -0.1) is 0 Å². The molecule has 3 aromatic heterocycles. The number of aromatic amines is 3. The molecule has 0 aliphatic heterocycles. The number of aromatic carboxylic acids is 3. The molecule has 25 heavy (non-hydrogen) atoms. The van der Waals surface area contributed by atoms with Crippen molar-refractivity contribution in [1.82, 2.24) is 15.0 Å². The molecule has 6 N–H and O–H groups in total. The zero-order valence-electron chi connectivity index (χ0n) is 12.6. The third-order valence-electron chi connectivity index (χ3n) is 2.49. The van der Waals surface area contributed by atoms with E-state index in [1.165, 1.54) is 18.2 Å². The van der Waals surface area contributed by atoms with E-state index in [1.807, 2.05) is 0 Å². The summed E-state index contributed by atoms with van der Waals surface area (Å²) in [5.41, 5.74) is 0.681. The van der Waals surface area contributed by atoms with Crippen LogP contribution < -0.4 is 0 Å². The summed E-state index contributed by atoms with van der Waals surface area (Å²) in [5, 5.41) is 24.7. The largest absolute Gasteiger partial charge is 0.477 e. The summed E-state index contributed by atoms with van der Waals surface area (Å²) in [4.78, 5) is 37.7. The zero-order valence-corrected chi connectivity index (χ0v) is 14.7. The number of nitrogens with one attached hydrogen (secondary N) is 3. The Balaban J connectivity index is 0.000000339. The summed E-state index contributed by atoms with van der Waals surface area (Å²) in [5.74, 6) is -2.76. The first-order valence-electron chi connectivity index (χ1n) is 6.52. The summed E-state index contributed by atoms with van der Waals surface area (Å²) in [6.07, 6.45) is 4.72. The molecule has 1 radical (unpaired) electrons. The van der Waals surface area contributed by atoms with Gasteiger partial charge in [-0.25, -0.2) is 14.4 Å². The van der Waals surface area contributed by atoms with E-state index >= 15 is 0 Å². The molecule has 0 aliphatic carbocycles. The van der Waals surface area contributed by atoms with Crippen LogP contribution in [0.2, 0.25) is 0 Å². The van der Waals surface area contributed by atoms with Gasteiger partial charge in [-0.3, -0.25) is 0 Å². The Morgan fingerprint density at radius 2 is 0.840 bits per heavy atom. The minimum absolute atomic E-state index is 0. The number of carbonyl (C=O) groups is 3. The van der Waals surface area contributed by atoms with Gasteiger partial charge in [-0.1, -0.05) is 0 Å². The molecule has 9 nitrogen and oxygen atoms in total. The predicted octanol–water partition coefficient (Wildman–Crippen LogP) is 2.14. The van der Waals surface area contributed by atoms with E-state index in [0.717, 1.165) is 0 Å². The second-order valence-electron chi connectivity index (χ2n) is 4.17. The van der Waals surface area contributed by atoms with Crippen molar-refractivity contribution in [2.45, 2.75) is 0 Å². The molecule has 0 saturated carbocycles. The number of H-pyrrole nitrogens is 3.